The number of rotatable bonds is 6. The van der Waals surface area contributed by atoms with Gasteiger partial charge >= 0.3 is 0 Å². The Balaban J connectivity index is 0.00000256. The summed E-state index contributed by atoms with van der Waals surface area (Å²) >= 11 is 0. The van der Waals surface area contributed by atoms with Gasteiger partial charge in [0.25, 0.3) is 0 Å². The van der Waals surface area contributed by atoms with E-state index in [0.29, 0.717) is 6.61 Å². The number of carbonyl (C=O) groups excluding carboxylic acids is 1. The summed E-state index contributed by atoms with van der Waals surface area (Å²) in [7, 11) is 0. The highest BCUT2D eigenvalue weighted by Gasteiger charge is 2.27. The molecule has 1 atom stereocenters. The molecule has 0 aromatic carbocycles. The average molecular weight is 265 g/mol. The number of carbonyl (C=O) groups is 1. The third-order valence-corrected chi connectivity index (χ3v) is 2.54. The Morgan fingerprint density at radius 1 is 1.71 bits per heavy atom. The van der Waals surface area contributed by atoms with Gasteiger partial charge in [-0.2, -0.15) is 0 Å². The zero-order valence-corrected chi connectivity index (χ0v) is 11.0. The fourth-order valence-corrected chi connectivity index (χ4v) is 1.49. The molecule has 1 amide bonds. The standard InChI is InChI=1S/C11H20N2O3.ClH/c1-3-10(14)13-9-15-6-4-11(2)8-12-5-7-16-11;/h3,12H,1,4-9H2,2H3,(H,13,14);1H. The number of halogens is 1. The molecule has 0 aromatic heterocycles. The molecule has 1 aliphatic rings. The number of ether oxygens (including phenoxy) is 2. The Hall–Kier alpha value is -0.620. The summed E-state index contributed by atoms with van der Waals surface area (Å²) in [4.78, 5) is 10.8. The fraction of sp³-hybridized carbons (Fsp3) is 0.727. The predicted molar refractivity (Wildman–Crippen MR) is 68.3 cm³/mol. The van der Waals surface area contributed by atoms with Crippen LogP contribution < -0.4 is 10.6 Å². The van der Waals surface area contributed by atoms with E-state index < -0.39 is 0 Å². The van der Waals surface area contributed by atoms with Crippen molar-refractivity contribution in [3.8, 4) is 0 Å². The third kappa shape index (κ3) is 6.63. The lowest BCUT2D eigenvalue weighted by atomic mass is 10.0. The first-order valence-corrected chi connectivity index (χ1v) is 5.49. The van der Waals surface area contributed by atoms with Crippen LogP contribution in [0.5, 0.6) is 0 Å². The van der Waals surface area contributed by atoms with E-state index in [1.54, 1.807) is 0 Å². The van der Waals surface area contributed by atoms with Crippen molar-refractivity contribution in [2.45, 2.75) is 18.9 Å². The van der Waals surface area contributed by atoms with E-state index in [0.717, 1.165) is 26.1 Å². The summed E-state index contributed by atoms with van der Waals surface area (Å²) in [5.41, 5.74) is -0.152. The molecular weight excluding hydrogens is 244 g/mol. The van der Waals surface area contributed by atoms with Crippen LogP contribution in [0.4, 0.5) is 0 Å². The molecule has 6 heteroatoms. The van der Waals surface area contributed by atoms with Gasteiger partial charge in [0.15, 0.2) is 0 Å². The van der Waals surface area contributed by atoms with E-state index >= 15 is 0 Å². The Morgan fingerprint density at radius 2 is 2.47 bits per heavy atom. The molecule has 5 nitrogen and oxygen atoms in total. The molecule has 1 rings (SSSR count). The average Bonchev–Trinajstić information content (AvgIpc) is 2.29. The third-order valence-electron chi connectivity index (χ3n) is 2.54. The Labute approximate surface area is 108 Å². The largest absolute Gasteiger partial charge is 0.373 e. The van der Waals surface area contributed by atoms with Gasteiger partial charge in [0, 0.05) is 19.5 Å². The minimum absolute atomic E-state index is 0. The molecule has 1 aliphatic heterocycles. The monoisotopic (exact) mass is 264 g/mol. The zero-order chi connectivity index (χ0) is 11.9. The van der Waals surface area contributed by atoms with Crippen LogP contribution in [0.15, 0.2) is 12.7 Å². The van der Waals surface area contributed by atoms with Gasteiger partial charge in [-0.05, 0) is 13.0 Å². The number of morpholine rings is 1. The molecular formula is C11H21ClN2O3. The first-order chi connectivity index (χ1) is 7.66. The van der Waals surface area contributed by atoms with Crippen molar-refractivity contribution >= 4 is 18.3 Å². The van der Waals surface area contributed by atoms with Gasteiger partial charge in [-0.1, -0.05) is 6.58 Å². The van der Waals surface area contributed by atoms with E-state index in [9.17, 15) is 4.79 Å². The van der Waals surface area contributed by atoms with Crippen molar-refractivity contribution in [3.63, 3.8) is 0 Å². The molecule has 100 valence electrons. The van der Waals surface area contributed by atoms with Gasteiger partial charge in [0.1, 0.15) is 6.73 Å². The Bertz CT molecular complexity index is 243. The minimum atomic E-state index is -0.221. The van der Waals surface area contributed by atoms with Crippen molar-refractivity contribution in [1.29, 1.82) is 0 Å². The predicted octanol–water partition coefficient (Wildman–Crippen LogP) is 0.453. The van der Waals surface area contributed by atoms with Gasteiger partial charge < -0.3 is 20.1 Å². The molecule has 0 bridgehead atoms. The second kappa shape index (κ2) is 8.47. The highest BCUT2D eigenvalue weighted by molar-refractivity contribution is 5.86. The van der Waals surface area contributed by atoms with Crippen LogP contribution in [-0.4, -0.2) is 44.5 Å². The van der Waals surface area contributed by atoms with Gasteiger partial charge in [-0.15, -0.1) is 12.4 Å². The fourth-order valence-electron chi connectivity index (χ4n) is 1.49. The zero-order valence-electron chi connectivity index (χ0n) is 10.2. The van der Waals surface area contributed by atoms with Crippen molar-refractivity contribution < 1.29 is 14.3 Å². The summed E-state index contributed by atoms with van der Waals surface area (Å²) in [6.07, 6.45) is 2.03. The van der Waals surface area contributed by atoms with Crippen molar-refractivity contribution in [2.24, 2.45) is 0 Å². The van der Waals surface area contributed by atoms with Crippen LogP contribution >= 0.6 is 12.4 Å². The van der Waals surface area contributed by atoms with E-state index in [1.165, 1.54) is 6.08 Å². The maximum atomic E-state index is 10.8. The summed E-state index contributed by atoms with van der Waals surface area (Å²) in [5.74, 6) is -0.221. The van der Waals surface area contributed by atoms with Crippen LogP contribution in [0.3, 0.4) is 0 Å². The lowest BCUT2D eigenvalue weighted by molar-refractivity contribution is -0.118. The maximum absolute atomic E-state index is 10.8. The lowest BCUT2D eigenvalue weighted by Crippen LogP contribution is -2.48. The topological polar surface area (TPSA) is 59.6 Å². The molecule has 1 saturated heterocycles. The Morgan fingerprint density at radius 3 is 3.06 bits per heavy atom. The van der Waals surface area contributed by atoms with Crippen LogP contribution in [0, 0.1) is 0 Å². The van der Waals surface area contributed by atoms with Crippen molar-refractivity contribution in [2.75, 3.05) is 33.0 Å². The number of hydrogen-bond donors (Lipinski definition) is 2. The normalized spacial score (nSPS) is 23.6. The first-order valence-electron chi connectivity index (χ1n) is 5.49. The highest BCUT2D eigenvalue weighted by Crippen LogP contribution is 2.16. The van der Waals surface area contributed by atoms with Crippen LogP contribution in [0.25, 0.3) is 0 Å². The maximum Gasteiger partial charge on any atom is 0.245 e. The minimum Gasteiger partial charge on any atom is -0.373 e. The molecule has 0 aromatic rings. The van der Waals surface area contributed by atoms with Crippen molar-refractivity contribution in [3.05, 3.63) is 12.7 Å². The van der Waals surface area contributed by atoms with E-state index in [1.807, 2.05) is 0 Å². The van der Waals surface area contributed by atoms with Gasteiger partial charge in [0.2, 0.25) is 5.91 Å². The molecule has 2 N–H and O–H groups in total. The second-order valence-electron chi connectivity index (χ2n) is 4.02. The smallest absolute Gasteiger partial charge is 0.245 e. The number of hydrogen-bond acceptors (Lipinski definition) is 4. The van der Waals surface area contributed by atoms with E-state index in [2.05, 4.69) is 24.1 Å². The van der Waals surface area contributed by atoms with Crippen LogP contribution in [0.1, 0.15) is 13.3 Å². The summed E-state index contributed by atoms with van der Waals surface area (Å²) < 4.78 is 11.0. The first kappa shape index (κ1) is 16.4. The van der Waals surface area contributed by atoms with E-state index in [4.69, 9.17) is 9.47 Å². The van der Waals surface area contributed by atoms with Gasteiger partial charge in [0.05, 0.1) is 18.8 Å². The van der Waals surface area contributed by atoms with Gasteiger partial charge in [-0.25, -0.2) is 0 Å². The highest BCUT2D eigenvalue weighted by atomic mass is 35.5. The van der Waals surface area contributed by atoms with Gasteiger partial charge in [-0.3, -0.25) is 4.79 Å². The summed E-state index contributed by atoms with van der Waals surface area (Å²) in [6.45, 7) is 8.68. The molecule has 1 fully saturated rings. The van der Waals surface area contributed by atoms with Crippen LogP contribution in [-0.2, 0) is 14.3 Å². The van der Waals surface area contributed by atoms with Crippen LogP contribution in [0.2, 0.25) is 0 Å². The number of amides is 1. The molecule has 1 heterocycles. The molecule has 0 spiro atoms. The quantitative estimate of drug-likeness (QED) is 0.416. The van der Waals surface area contributed by atoms with Crippen molar-refractivity contribution in [1.82, 2.24) is 10.6 Å². The Kier molecular flexibility index (Phi) is 8.16. The van der Waals surface area contributed by atoms with E-state index in [-0.39, 0.29) is 30.6 Å². The second-order valence-corrected chi connectivity index (χ2v) is 4.02. The summed E-state index contributed by atoms with van der Waals surface area (Å²) in [5, 5.41) is 5.83. The molecule has 0 radical (unpaired) electrons. The lowest BCUT2D eigenvalue weighted by Gasteiger charge is -2.34. The summed E-state index contributed by atoms with van der Waals surface area (Å²) in [6, 6.07) is 0. The molecule has 1 unspecified atom stereocenters. The molecule has 17 heavy (non-hydrogen) atoms. The molecule has 0 aliphatic carbocycles. The molecule has 0 saturated carbocycles. The SMILES string of the molecule is C=CC(=O)NCOCCC1(C)CNCCO1.Cl. The number of nitrogens with one attached hydrogen (secondary N) is 2.